The van der Waals surface area contributed by atoms with Gasteiger partial charge >= 0.3 is 5.69 Å². The van der Waals surface area contributed by atoms with E-state index in [4.69, 9.17) is 4.74 Å². The van der Waals surface area contributed by atoms with Gasteiger partial charge in [-0.2, -0.15) is 0 Å². The van der Waals surface area contributed by atoms with Crippen molar-refractivity contribution < 1.29 is 9.53 Å². The molecule has 1 saturated carbocycles. The van der Waals surface area contributed by atoms with Crippen LogP contribution >= 0.6 is 0 Å². The van der Waals surface area contributed by atoms with Crippen LogP contribution in [0, 0.1) is 0 Å². The maximum Gasteiger partial charge on any atom is 0.352 e. The summed E-state index contributed by atoms with van der Waals surface area (Å²) in [5, 5.41) is 7.86. The molecular weight excluding hydrogens is 410 g/mol. The highest BCUT2D eigenvalue weighted by atomic mass is 16.5. The summed E-state index contributed by atoms with van der Waals surface area (Å²) in [5.74, 6) is 0.0136. The number of aryl methyl sites for hydroxylation is 1. The highest BCUT2D eigenvalue weighted by Crippen LogP contribution is 2.17. The van der Waals surface area contributed by atoms with E-state index in [0.717, 1.165) is 30.4 Å². The van der Waals surface area contributed by atoms with Gasteiger partial charge in [0.15, 0.2) is 0 Å². The Labute approximate surface area is 186 Å². The van der Waals surface area contributed by atoms with Crippen LogP contribution in [0.2, 0.25) is 0 Å². The van der Waals surface area contributed by atoms with Gasteiger partial charge in [-0.25, -0.2) is 13.9 Å². The number of nitrogens with one attached hydrogen (secondary N) is 1. The number of benzene rings is 1. The lowest BCUT2D eigenvalue weighted by Crippen LogP contribution is -2.40. The molecule has 0 radical (unpaired) electrons. The molecule has 0 unspecified atom stereocenters. The number of carbonyl (C=O) groups excluding carboxylic acids is 1. The van der Waals surface area contributed by atoms with Crippen LogP contribution in [-0.4, -0.2) is 43.4 Å². The van der Waals surface area contributed by atoms with Crippen molar-refractivity contribution in [3.8, 4) is 0 Å². The van der Waals surface area contributed by atoms with Gasteiger partial charge in [0, 0.05) is 19.2 Å². The van der Waals surface area contributed by atoms with E-state index >= 15 is 0 Å². The summed E-state index contributed by atoms with van der Waals surface area (Å²) in [6, 6.07) is 7.14. The number of hydrogen-bond acceptors (Lipinski definition) is 5. The first-order valence-corrected chi connectivity index (χ1v) is 11.5. The lowest BCUT2D eigenvalue weighted by molar-refractivity contribution is -0.122. The Morgan fingerprint density at radius 2 is 1.94 bits per heavy atom. The van der Waals surface area contributed by atoms with E-state index in [1.807, 2.05) is 13.8 Å². The second-order valence-electron chi connectivity index (χ2n) is 8.73. The maximum absolute atomic E-state index is 13.2. The van der Waals surface area contributed by atoms with Gasteiger partial charge in [0.05, 0.1) is 17.0 Å². The lowest BCUT2D eigenvalue weighted by Gasteiger charge is -2.22. The van der Waals surface area contributed by atoms with E-state index in [1.54, 1.807) is 24.3 Å². The van der Waals surface area contributed by atoms with E-state index in [-0.39, 0.29) is 35.9 Å². The monoisotopic (exact) mass is 441 g/mol. The Hall–Kier alpha value is -2.94. The Bertz CT molecular complexity index is 1220. The first-order chi connectivity index (χ1) is 15.5. The van der Waals surface area contributed by atoms with E-state index < -0.39 is 5.69 Å². The molecule has 0 atom stereocenters. The summed E-state index contributed by atoms with van der Waals surface area (Å²) >= 11 is 0. The molecule has 1 aromatic carbocycles. The number of fused-ring (bicyclic) bond motifs is 3. The fourth-order valence-corrected chi connectivity index (χ4v) is 4.37. The van der Waals surface area contributed by atoms with Crippen molar-refractivity contribution in [3.63, 3.8) is 0 Å². The smallest absolute Gasteiger partial charge is 0.352 e. The molecule has 9 nitrogen and oxygen atoms in total. The third kappa shape index (κ3) is 4.62. The summed E-state index contributed by atoms with van der Waals surface area (Å²) < 4.78 is 9.67. The number of aromatic nitrogens is 4. The molecule has 0 bridgehead atoms. The molecule has 3 aromatic rings. The SMILES string of the molecule is CC(C)OCCCn1c(=O)c2ccccc2n2c(=O)n(CC(=O)NC3CCCCC3)nc12. The van der Waals surface area contributed by atoms with Crippen LogP contribution in [0.4, 0.5) is 0 Å². The van der Waals surface area contributed by atoms with Gasteiger partial charge in [0.1, 0.15) is 6.54 Å². The summed E-state index contributed by atoms with van der Waals surface area (Å²) in [6.07, 6.45) is 6.06. The number of hydrogen-bond donors (Lipinski definition) is 1. The molecule has 1 fully saturated rings. The molecule has 2 aromatic heterocycles. The van der Waals surface area contributed by atoms with E-state index in [2.05, 4.69) is 10.4 Å². The average Bonchev–Trinajstić information content (AvgIpc) is 3.09. The van der Waals surface area contributed by atoms with Crippen LogP contribution < -0.4 is 16.6 Å². The third-order valence-electron chi connectivity index (χ3n) is 5.93. The quantitative estimate of drug-likeness (QED) is 0.540. The minimum atomic E-state index is -0.429. The summed E-state index contributed by atoms with van der Waals surface area (Å²) in [5.41, 5.74) is -0.144. The van der Waals surface area contributed by atoms with E-state index in [0.29, 0.717) is 30.5 Å². The molecule has 172 valence electrons. The molecule has 32 heavy (non-hydrogen) atoms. The summed E-state index contributed by atoms with van der Waals surface area (Å²) in [7, 11) is 0. The first kappa shape index (κ1) is 22.3. The third-order valence-corrected chi connectivity index (χ3v) is 5.93. The van der Waals surface area contributed by atoms with Crippen LogP contribution in [0.5, 0.6) is 0 Å². The molecule has 0 saturated heterocycles. The molecule has 0 spiro atoms. The zero-order valence-electron chi connectivity index (χ0n) is 18.7. The molecule has 0 aliphatic heterocycles. The average molecular weight is 442 g/mol. The van der Waals surface area contributed by atoms with Gasteiger partial charge in [-0.05, 0) is 45.2 Å². The van der Waals surface area contributed by atoms with Crippen LogP contribution in [0.15, 0.2) is 33.9 Å². The van der Waals surface area contributed by atoms with Gasteiger partial charge in [-0.3, -0.25) is 14.2 Å². The Morgan fingerprint density at radius 1 is 1.19 bits per heavy atom. The number of para-hydroxylation sites is 1. The van der Waals surface area contributed by atoms with Crippen molar-refractivity contribution in [1.82, 2.24) is 24.1 Å². The highest BCUT2D eigenvalue weighted by Gasteiger charge is 2.20. The van der Waals surface area contributed by atoms with Crippen LogP contribution in [0.3, 0.4) is 0 Å². The standard InChI is InChI=1S/C23H31N5O4/c1-16(2)32-14-8-13-26-21(30)18-11-6-7-12-19(18)28-22(26)25-27(23(28)31)15-20(29)24-17-9-4-3-5-10-17/h6-7,11-12,16-17H,3-5,8-10,13-15H2,1-2H3,(H,24,29). The number of rotatable bonds is 8. The molecule has 1 amide bonds. The number of carbonyl (C=O) groups is 1. The second kappa shape index (κ2) is 9.68. The Balaban J connectivity index is 1.68. The zero-order chi connectivity index (χ0) is 22.7. The van der Waals surface area contributed by atoms with Gasteiger partial charge < -0.3 is 10.1 Å². The van der Waals surface area contributed by atoms with Gasteiger partial charge in [0.25, 0.3) is 5.56 Å². The summed E-state index contributed by atoms with van der Waals surface area (Å²) in [6.45, 7) is 4.61. The predicted octanol–water partition coefficient (Wildman–Crippen LogP) is 2.07. The van der Waals surface area contributed by atoms with Crippen molar-refractivity contribution in [1.29, 1.82) is 0 Å². The molecule has 1 aliphatic carbocycles. The van der Waals surface area contributed by atoms with Crippen molar-refractivity contribution in [2.24, 2.45) is 0 Å². The molecular formula is C23H31N5O4. The molecule has 4 rings (SSSR count). The van der Waals surface area contributed by atoms with Gasteiger partial charge in [0.2, 0.25) is 11.7 Å². The Morgan fingerprint density at radius 3 is 2.69 bits per heavy atom. The molecule has 1 aliphatic rings. The van der Waals surface area contributed by atoms with Crippen molar-refractivity contribution in [3.05, 3.63) is 45.1 Å². The van der Waals surface area contributed by atoms with E-state index in [9.17, 15) is 14.4 Å². The van der Waals surface area contributed by atoms with Gasteiger partial charge in [-0.15, -0.1) is 5.10 Å². The molecule has 1 N–H and O–H groups in total. The predicted molar refractivity (Wildman–Crippen MR) is 122 cm³/mol. The van der Waals surface area contributed by atoms with Crippen molar-refractivity contribution >= 4 is 22.6 Å². The largest absolute Gasteiger partial charge is 0.379 e. The normalized spacial score (nSPS) is 15.1. The number of amides is 1. The Kier molecular flexibility index (Phi) is 6.74. The highest BCUT2D eigenvalue weighted by molar-refractivity contribution is 5.80. The van der Waals surface area contributed by atoms with Crippen LogP contribution in [0.25, 0.3) is 16.7 Å². The minimum absolute atomic E-state index is 0.104. The first-order valence-electron chi connectivity index (χ1n) is 11.5. The number of ether oxygens (including phenoxy) is 1. The molecule has 9 heteroatoms. The fourth-order valence-electron chi connectivity index (χ4n) is 4.37. The van der Waals surface area contributed by atoms with E-state index in [1.165, 1.54) is 15.4 Å². The minimum Gasteiger partial charge on any atom is -0.379 e. The van der Waals surface area contributed by atoms with Crippen LogP contribution in [0.1, 0.15) is 52.4 Å². The van der Waals surface area contributed by atoms with Gasteiger partial charge in [-0.1, -0.05) is 31.4 Å². The maximum atomic E-state index is 13.2. The lowest BCUT2D eigenvalue weighted by atomic mass is 9.95. The summed E-state index contributed by atoms with van der Waals surface area (Å²) in [4.78, 5) is 38.9. The second-order valence-corrected chi connectivity index (χ2v) is 8.73. The topological polar surface area (TPSA) is 99.6 Å². The van der Waals surface area contributed by atoms with Crippen molar-refractivity contribution in [2.75, 3.05) is 6.61 Å². The van der Waals surface area contributed by atoms with Crippen molar-refractivity contribution in [2.45, 2.75) is 77.6 Å². The zero-order valence-corrected chi connectivity index (χ0v) is 18.7. The molecule has 2 heterocycles. The van der Waals surface area contributed by atoms with Crippen LogP contribution in [-0.2, 0) is 22.6 Å². The number of nitrogens with zero attached hydrogens (tertiary/aromatic N) is 4. The fraction of sp³-hybridized carbons (Fsp3) is 0.565.